The minimum atomic E-state index is -3.35. The predicted octanol–water partition coefficient (Wildman–Crippen LogP) is 1.57. The fraction of sp³-hybridized carbons (Fsp3) is 0.714. The van der Waals surface area contributed by atoms with Gasteiger partial charge in [-0.1, -0.05) is 6.92 Å². The van der Waals surface area contributed by atoms with Crippen molar-refractivity contribution in [1.82, 2.24) is 14.5 Å². The quantitative estimate of drug-likeness (QED) is 0.824. The van der Waals surface area contributed by atoms with Crippen molar-refractivity contribution < 1.29 is 8.42 Å². The van der Waals surface area contributed by atoms with Crippen molar-refractivity contribution in [3.63, 3.8) is 0 Å². The van der Waals surface area contributed by atoms with Gasteiger partial charge in [0.15, 0.2) is 0 Å². The molecule has 1 aromatic rings. The van der Waals surface area contributed by atoms with Crippen LogP contribution in [0, 0.1) is 0 Å². The third-order valence-electron chi connectivity index (χ3n) is 3.68. The van der Waals surface area contributed by atoms with Crippen LogP contribution in [0.4, 0.5) is 0 Å². The first-order valence-electron chi connectivity index (χ1n) is 7.40. The maximum absolute atomic E-state index is 12.8. The molecule has 0 radical (unpaired) electrons. The summed E-state index contributed by atoms with van der Waals surface area (Å²) in [6, 6.07) is 1.91. The van der Waals surface area contributed by atoms with E-state index in [0.717, 1.165) is 37.4 Å². The van der Waals surface area contributed by atoms with Crippen molar-refractivity contribution in [2.24, 2.45) is 0 Å². The van der Waals surface area contributed by atoms with Crippen LogP contribution in [0.15, 0.2) is 16.3 Å². The van der Waals surface area contributed by atoms with E-state index in [9.17, 15) is 8.42 Å². The molecule has 1 aromatic heterocycles. The molecule has 5 nitrogen and oxygen atoms in total. The highest BCUT2D eigenvalue weighted by atomic mass is 32.2. The van der Waals surface area contributed by atoms with Gasteiger partial charge in [-0.3, -0.25) is 0 Å². The molecule has 7 heteroatoms. The Morgan fingerprint density at radius 3 is 2.90 bits per heavy atom. The lowest BCUT2D eigenvalue weighted by Crippen LogP contribution is -2.41. The molecule has 1 aliphatic heterocycles. The average molecular weight is 332 g/mol. The molecule has 21 heavy (non-hydrogen) atoms. The van der Waals surface area contributed by atoms with Crippen molar-refractivity contribution in [1.29, 1.82) is 0 Å². The van der Waals surface area contributed by atoms with Crippen LogP contribution in [0.25, 0.3) is 0 Å². The smallest absolute Gasteiger partial charge is 0.244 e. The SMILES string of the molecule is CCNCc1cc(S(=O)(=O)N2CCCC2CN(C)C)cs1. The van der Waals surface area contributed by atoms with Gasteiger partial charge in [0.2, 0.25) is 10.0 Å². The number of nitrogens with one attached hydrogen (secondary N) is 1. The van der Waals surface area contributed by atoms with Gasteiger partial charge in [-0.2, -0.15) is 4.31 Å². The van der Waals surface area contributed by atoms with Crippen LogP contribution in [0.5, 0.6) is 0 Å². The van der Waals surface area contributed by atoms with Gasteiger partial charge in [-0.25, -0.2) is 8.42 Å². The van der Waals surface area contributed by atoms with Gasteiger partial charge in [0.1, 0.15) is 0 Å². The van der Waals surface area contributed by atoms with Gasteiger partial charge in [-0.15, -0.1) is 11.3 Å². The lowest BCUT2D eigenvalue weighted by molar-refractivity contribution is 0.291. The second-order valence-electron chi connectivity index (χ2n) is 5.70. The Labute approximate surface area is 132 Å². The van der Waals surface area contributed by atoms with Gasteiger partial charge in [-0.05, 0) is 39.5 Å². The maximum Gasteiger partial charge on any atom is 0.244 e. The van der Waals surface area contributed by atoms with Gasteiger partial charge in [0.05, 0.1) is 4.90 Å². The molecule has 120 valence electrons. The van der Waals surface area contributed by atoms with Crippen molar-refractivity contribution in [3.05, 3.63) is 16.3 Å². The Hall–Kier alpha value is -0.470. The molecule has 0 spiro atoms. The Morgan fingerprint density at radius 2 is 2.24 bits per heavy atom. The van der Waals surface area contributed by atoms with Gasteiger partial charge < -0.3 is 10.2 Å². The summed E-state index contributed by atoms with van der Waals surface area (Å²) in [5, 5.41) is 5.00. The number of sulfonamides is 1. The van der Waals surface area contributed by atoms with Crippen LogP contribution in [-0.2, 0) is 16.6 Å². The summed E-state index contributed by atoms with van der Waals surface area (Å²) in [4.78, 5) is 3.58. The van der Waals surface area contributed by atoms with Crippen LogP contribution in [-0.4, -0.2) is 57.4 Å². The second-order valence-corrected chi connectivity index (χ2v) is 8.59. The topological polar surface area (TPSA) is 52.7 Å². The van der Waals surface area contributed by atoms with Crippen LogP contribution in [0.3, 0.4) is 0 Å². The number of nitrogens with zero attached hydrogens (tertiary/aromatic N) is 2. The first-order chi connectivity index (χ1) is 9.95. The molecule has 2 rings (SSSR count). The third-order valence-corrected chi connectivity index (χ3v) is 6.70. The van der Waals surface area contributed by atoms with Crippen LogP contribution >= 0.6 is 11.3 Å². The van der Waals surface area contributed by atoms with Gasteiger partial charge in [0.25, 0.3) is 0 Å². The average Bonchev–Trinajstić information content (AvgIpc) is 3.04. The van der Waals surface area contributed by atoms with E-state index >= 15 is 0 Å². The Balaban J connectivity index is 2.15. The molecule has 0 aliphatic carbocycles. The monoisotopic (exact) mass is 331 g/mol. The highest BCUT2D eigenvalue weighted by molar-refractivity contribution is 7.89. The van der Waals surface area contributed by atoms with Crippen molar-refractivity contribution in [2.45, 2.75) is 37.2 Å². The van der Waals surface area contributed by atoms with Crippen LogP contribution in [0.2, 0.25) is 0 Å². The number of hydrogen-bond acceptors (Lipinski definition) is 5. The predicted molar refractivity (Wildman–Crippen MR) is 87.2 cm³/mol. The molecule has 0 aromatic carbocycles. The van der Waals surface area contributed by atoms with Gasteiger partial charge >= 0.3 is 0 Å². The number of likely N-dealkylation sites (N-methyl/N-ethyl adjacent to an activating group) is 1. The number of rotatable bonds is 7. The zero-order chi connectivity index (χ0) is 15.5. The summed E-state index contributed by atoms with van der Waals surface area (Å²) in [7, 11) is 0.628. The first-order valence-corrected chi connectivity index (χ1v) is 9.71. The summed E-state index contributed by atoms with van der Waals surface area (Å²) in [5.41, 5.74) is 0. The summed E-state index contributed by atoms with van der Waals surface area (Å²) in [6.07, 6.45) is 1.90. The third kappa shape index (κ3) is 4.04. The van der Waals surface area contributed by atoms with Crippen LogP contribution in [0.1, 0.15) is 24.6 Å². The molecule has 0 amide bonds. The number of thiophene rings is 1. The fourth-order valence-electron chi connectivity index (χ4n) is 2.70. The molecular weight excluding hydrogens is 306 g/mol. The normalized spacial score (nSPS) is 20.5. The summed E-state index contributed by atoms with van der Waals surface area (Å²) >= 11 is 1.51. The van der Waals surface area contributed by atoms with E-state index in [2.05, 4.69) is 10.2 Å². The summed E-state index contributed by atoms with van der Waals surface area (Å²) in [6.45, 7) is 5.09. The van der Waals surface area contributed by atoms with Crippen LogP contribution < -0.4 is 5.32 Å². The zero-order valence-electron chi connectivity index (χ0n) is 13.0. The van der Waals surface area contributed by atoms with Crippen molar-refractivity contribution in [2.75, 3.05) is 33.7 Å². The summed E-state index contributed by atoms with van der Waals surface area (Å²) < 4.78 is 27.3. The fourth-order valence-corrected chi connectivity index (χ4v) is 5.62. The molecule has 1 saturated heterocycles. The lowest BCUT2D eigenvalue weighted by atomic mass is 10.2. The molecule has 0 bridgehead atoms. The van der Waals surface area contributed by atoms with Crippen molar-refractivity contribution >= 4 is 21.4 Å². The minimum Gasteiger partial charge on any atom is -0.312 e. The largest absolute Gasteiger partial charge is 0.312 e. The minimum absolute atomic E-state index is 0.0992. The Kier molecular flexibility index (Phi) is 5.79. The molecule has 1 N–H and O–H groups in total. The van der Waals surface area contributed by atoms with E-state index in [0.29, 0.717) is 11.4 Å². The maximum atomic E-state index is 12.8. The lowest BCUT2D eigenvalue weighted by Gasteiger charge is -2.26. The molecule has 1 atom stereocenters. The summed E-state index contributed by atoms with van der Waals surface area (Å²) in [5.74, 6) is 0. The molecule has 1 aliphatic rings. The van der Waals surface area contributed by atoms with E-state index in [1.165, 1.54) is 11.3 Å². The molecule has 1 fully saturated rings. The van der Waals surface area contributed by atoms with Crippen molar-refractivity contribution in [3.8, 4) is 0 Å². The molecular formula is C14H25N3O2S2. The molecule has 2 heterocycles. The first kappa shape index (κ1) is 16.9. The van der Waals surface area contributed by atoms with E-state index < -0.39 is 10.0 Å². The van der Waals surface area contributed by atoms with Gasteiger partial charge in [0, 0.05) is 35.9 Å². The van der Waals surface area contributed by atoms with E-state index in [1.807, 2.05) is 27.1 Å². The Bertz CT molecular complexity index is 554. The second kappa shape index (κ2) is 7.19. The standard InChI is InChI=1S/C14H25N3O2S2/c1-4-15-9-13-8-14(11-20-13)21(18,19)17-7-5-6-12(17)10-16(2)3/h8,11-12,15H,4-7,9-10H2,1-3H3. The van der Waals surface area contributed by atoms with E-state index in [4.69, 9.17) is 0 Å². The zero-order valence-corrected chi connectivity index (χ0v) is 14.6. The highest BCUT2D eigenvalue weighted by Gasteiger charge is 2.35. The highest BCUT2D eigenvalue weighted by Crippen LogP contribution is 2.29. The number of hydrogen-bond donors (Lipinski definition) is 1. The van der Waals surface area contributed by atoms with E-state index in [-0.39, 0.29) is 6.04 Å². The molecule has 0 saturated carbocycles. The Morgan fingerprint density at radius 1 is 1.48 bits per heavy atom. The van der Waals surface area contributed by atoms with E-state index in [1.54, 1.807) is 9.69 Å². The molecule has 1 unspecified atom stereocenters.